The summed E-state index contributed by atoms with van der Waals surface area (Å²) >= 11 is 0. The van der Waals surface area contributed by atoms with Crippen molar-refractivity contribution in [3.05, 3.63) is 59.2 Å². The van der Waals surface area contributed by atoms with E-state index < -0.39 is 5.82 Å². The third-order valence-corrected chi connectivity index (χ3v) is 7.18. The van der Waals surface area contributed by atoms with E-state index in [1.807, 2.05) is 6.07 Å². The molecule has 0 saturated carbocycles. The van der Waals surface area contributed by atoms with Gasteiger partial charge in [-0.15, -0.1) is 0 Å². The van der Waals surface area contributed by atoms with Gasteiger partial charge < -0.3 is 9.80 Å². The zero-order valence-corrected chi connectivity index (χ0v) is 20.9. The lowest BCUT2D eigenvalue weighted by molar-refractivity contribution is 0.0788. The fourth-order valence-electron chi connectivity index (χ4n) is 5.37. The summed E-state index contributed by atoms with van der Waals surface area (Å²) < 4.78 is 29.7. The van der Waals surface area contributed by atoms with Gasteiger partial charge >= 0.3 is 0 Å². The molecule has 34 heavy (non-hydrogen) atoms. The Balaban J connectivity index is 1.34. The molecule has 2 aliphatic heterocycles. The fourth-order valence-corrected chi connectivity index (χ4v) is 5.37. The van der Waals surface area contributed by atoms with Crippen LogP contribution in [0, 0.1) is 23.0 Å². The van der Waals surface area contributed by atoms with E-state index in [0.29, 0.717) is 35.5 Å². The third kappa shape index (κ3) is 6.24. The Morgan fingerprint density at radius 3 is 2.26 bits per heavy atom. The number of likely N-dealkylation sites (tertiary alicyclic amines) is 2. The maximum Gasteiger partial charge on any atom is 0.256 e. The highest BCUT2D eigenvalue weighted by molar-refractivity contribution is 5.95. The van der Waals surface area contributed by atoms with Gasteiger partial charge in [0.15, 0.2) is 0 Å². The van der Waals surface area contributed by atoms with Gasteiger partial charge in [-0.1, -0.05) is 39.0 Å². The molecule has 1 amide bonds. The monoisotopic (exact) mass is 468 g/mol. The minimum absolute atomic E-state index is 0.0659. The van der Waals surface area contributed by atoms with Crippen molar-refractivity contribution in [2.75, 3.05) is 32.7 Å². The zero-order valence-electron chi connectivity index (χ0n) is 20.9. The van der Waals surface area contributed by atoms with Gasteiger partial charge in [0.2, 0.25) is 0 Å². The number of piperidine rings is 1. The molecule has 0 bridgehead atoms. The lowest BCUT2D eigenvalue weighted by Crippen LogP contribution is -2.39. The second-order valence-electron chi connectivity index (χ2n) is 11.3. The van der Waals surface area contributed by atoms with E-state index in [-0.39, 0.29) is 17.3 Å². The van der Waals surface area contributed by atoms with Crippen molar-refractivity contribution >= 4 is 5.91 Å². The molecule has 2 saturated heterocycles. The zero-order chi connectivity index (χ0) is 24.3. The number of hydrogen-bond acceptors (Lipinski definition) is 2. The first-order chi connectivity index (χ1) is 16.2. The maximum atomic E-state index is 14.9. The average Bonchev–Trinajstić information content (AvgIpc) is 3.32. The summed E-state index contributed by atoms with van der Waals surface area (Å²) in [6, 6.07) is 9.71. The van der Waals surface area contributed by atoms with Crippen LogP contribution in [0.2, 0.25) is 0 Å². The van der Waals surface area contributed by atoms with E-state index in [2.05, 4.69) is 25.7 Å². The summed E-state index contributed by atoms with van der Waals surface area (Å²) in [5.74, 6) is -0.512. The molecule has 0 spiro atoms. The van der Waals surface area contributed by atoms with Crippen LogP contribution in [0.5, 0.6) is 0 Å². The fraction of sp³-hybridized carbons (Fsp3) is 0.552. The molecule has 4 rings (SSSR count). The molecule has 2 aromatic carbocycles. The predicted octanol–water partition coefficient (Wildman–Crippen LogP) is 6.56. The second-order valence-corrected chi connectivity index (χ2v) is 11.3. The van der Waals surface area contributed by atoms with Crippen molar-refractivity contribution in [2.24, 2.45) is 11.3 Å². The van der Waals surface area contributed by atoms with Crippen molar-refractivity contribution < 1.29 is 13.6 Å². The first-order valence-corrected chi connectivity index (χ1v) is 12.8. The van der Waals surface area contributed by atoms with Crippen molar-refractivity contribution in [1.29, 1.82) is 0 Å². The number of rotatable bonds is 6. The predicted molar refractivity (Wildman–Crippen MR) is 134 cm³/mol. The summed E-state index contributed by atoms with van der Waals surface area (Å²) in [5.41, 5.74) is 2.22. The first kappa shape index (κ1) is 24.8. The SMILES string of the molecule is CC(C)(C)CN1CCC(CCc2ccc(-c3ccc(C(=O)N4CCCC4)c(F)c3)c(F)c2)CC1. The number of benzene rings is 2. The number of aryl methyl sites for hydroxylation is 1. The van der Waals surface area contributed by atoms with Gasteiger partial charge in [-0.2, -0.15) is 0 Å². The molecule has 0 radical (unpaired) electrons. The molecule has 0 N–H and O–H groups in total. The maximum absolute atomic E-state index is 14.9. The number of carbonyl (C=O) groups excluding carboxylic acids is 1. The van der Waals surface area contributed by atoms with E-state index in [1.54, 1.807) is 23.1 Å². The molecule has 2 aliphatic rings. The number of amides is 1. The molecule has 184 valence electrons. The van der Waals surface area contributed by atoms with Crippen LogP contribution < -0.4 is 0 Å². The number of nitrogens with zero attached hydrogens (tertiary/aromatic N) is 2. The van der Waals surface area contributed by atoms with Crippen LogP contribution in [0.15, 0.2) is 36.4 Å². The molecule has 2 fully saturated rings. The van der Waals surface area contributed by atoms with E-state index in [0.717, 1.165) is 50.9 Å². The van der Waals surface area contributed by atoms with Crippen molar-refractivity contribution in [2.45, 2.75) is 59.3 Å². The van der Waals surface area contributed by atoms with Crippen LogP contribution in [-0.2, 0) is 6.42 Å². The lowest BCUT2D eigenvalue weighted by atomic mass is 9.88. The Morgan fingerprint density at radius 1 is 0.941 bits per heavy atom. The van der Waals surface area contributed by atoms with Crippen LogP contribution in [0.1, 0.15) is 68.8 Å². The smallest absolute Gasteiger partial charge is 0.256 e. The summed E-state index contributed by atoms with van der Waals surface area (Å²) in [6.45, 7) is 11.6. The van der Waals surface area contributed by atoms with Gasteiger partial charge in [-0.3, -0.25) is 4.79 Å². The molecule has 5 heteroatoms. The second kappa shape index (κ2) is 10.6. The Labute approximate surface area is 203 Å². The Kier molecular flexibility index (Phi) is 7.71. The lowest BCUT2D eigenvalue weighted by Gasteiger charge is -2.36. The van der Waals surface area contributed by atoms with E-state index in [9.17, 15) is 13.6 Å². The molecule has 3 nitrogen and oxygen atoms in total. The normalized spacial score (nSPS) is 18.0. The number of halogens is 2. The summed E-state index contributed by atoms with van der Waals surface area (Å²) in [7, 11) is 0. The van der Waals surface area contributed by atoms with Gasteiger partial charge in [0, 0.05) is 25.2 Å². The van der Waals surface area contributed by atoms with Gasteiger partial charge in [-0.25, -0.2) is 8.78 Å². The Bertz CT molecular complexity index is 1000. The first-order valence-electron chi connectivity index (χ1n) is 12.8. The highest BCUT2D eigenvalue weighted by Gasteiger charge is 2.24. The molecule has 2 aromatic rings. The molecule has 0 aromatic heterocycles. The topological polar surface area (TPSA) is 23.6 Å². The van der Waals surface area contributed by atoms with Crippen LogP contribution in [-0.4, -0.2) is 48.4 Å². The van der Waals surface area contributed by atoms with Crippen LogP contribution >= 0.6 is 0 Å². The van der Waals surface area contributed by atoms with E-state index in [4.69, 9.17) is 0 Å². The van der Waals surface area contributed by atoms with Gasteiger partial charge in [0.05, 0.1) is 5.56 Å². The molecule has 0 atom stereocenters. The number of hydrogen-bond donors (Lipinski definition) is 0. The van der Waals surface area contributed by atoms with Crippen LogP contribution in [0.25, 0.3) is 11.1 Å². The highest BCUT2D eigenvalue weighted by Crippen LogP contribution is 2.29. The van der Waals surface area contributed by atoms with Crippen molar-refractivity contribution in [1.82, 2.24) is 9.80 Å². The largest absolute Gasteiger partial charge is 0.339 e. The van der Waals surface area contributed by atoms with Crippen LogP contribution in [0.4, 0.5) is 8.78 Å². The minimum Gasteiger partial charge on any atom is -0.339 e. The van der Waals surface area contributed by atoms with Gasteiger partial charge in [0.1, 0.15) is 11.6 Å². The molecule has 2 heterocycles. The average molecular weight is 469 g/mol. The Morgan fingerprint density at radius 2 is 1.65 bits per heavy atom. The van der Waals surface area contributed by atoms with Crippen molar-refractivity contribution in [3.8, 4) is 11.1 Å². The van der Waals surface area contributed by atoms with Gasteiger partial charge in [0.25, 0.3) is 5.91 Å². The molecule has 0 unspecified atom stereocenters. The van der Waals surface area contributed by atoms with Crippen LogP contribution in [0.3, 0.4) is 0 Å². The molecular formula is C29H38F2N2O. The summed E-state index contributed by atoms with van der Waals surface area (Å²) in [5, 5.41) is 0. The quantitative estimate of drug-likeness (QED) is 0.479. The summed E-state index contributed by atoms with van der Waals surface area (Å²) in [6.07, 6.45) is 6.26. The standard InChI is InChI=1S/C29H38F2N2O/c1-29(2,3)20-32-16-12-21(13-17-32)6-7-22-8-10-24(26(30)18-22)23-9-11-25(27(31)19-23)28(34)33-14-4-5-15-33/h8-11,18-19,21H,4-7,12-17,20H2,1-3H3. The highest BCUT2D eigenvalue weighted by atomic mass is 19.1. The summed E-state index contributed by atoms with van der Waals surface area (Å²) in [4.78, 5) is 16.8. The van der Waals surface area contributed by atoms with Crippen molar-refractivity contribution in [3.63, 3.8) is 0 Å². The van der Waals surface area contributed by atoms with Gasteiger partial charge in [-0.05, 0) is 92.3 Å². The minimum atomic E-state index is -0.587. The van der Waals surface area contributed by atoms with E-state index in [1.165, 1.54) is 25.0 Å². The van der Waals surface area contributed by atoms with E-state index >= 15 is 0 Å². The molecular weight excluding hydrogens is 430 g/mol. The number of carbonyl (C=O) groups is 1. The molecule has 0 aliphatic carbocycles. The third-order valence-electron chi connectivity index (χ3n) is 7.18. The Hall–Kier alpha value is -2.27.